The lowest BCUT2D eigenvalue weighted by molar-refractivity contribution is -0.141. The summed E-state index contributed by atoms with van der Waals surface area (Å²) in [5.41, 5.74) is 2.75. The van der Waals surface area contributed by atoms with E-state index in [1.807, 2.05) is 80.6 Å². The van der Waals surface area contributed by atoms with Crippen molar-refractivity contribution in [2.75, 3.05) is 7.11 Å². The third-order valence-corrected chi connectivity index (χ3v) is 5.73. The number of hydrogen-bond acceptors (Lipinski definition) is 3. The summed E-state index contributed by atoms with van der Waals surface area (Å²) < 4.78 is 5.22. The number of ether oxygens (including phenoxy) is 1. The maximum absolute atomic E-state index is 13.6. The Kier molecular flexibility index (Phi) is 9.11. The molecule has 34 heavy (non-hydrogen) atoms. The number of carbonyl (C=O) groups is 2. The van der Waals surface area contributed by atoms with Gasteiger partial charge in [-0.2, -0.15) is 0 Å². The highest BCUT2D eigenvalue weighted by Gasteiger charge is 2.30. The van der Waals surface area contributed by atoms with Crippen LogP contribution in [0.15, 0.2) is 78.9 Å². The molecule has 0 aliphatic rings. The summed E-state index contributed by atoms with van der Waals surface area (Å²) in [5, 5.41) is 3.63. The summed E-state index contributed by atoms with van der Waals surface area (Å²) >= 11 is 6.07. The molecule has 1 atom stereocenters. The fraction of sp³-hybridized carbons (Fsp3) is 0.286. The van der Waals surface area contributed by atoms with Gasteiger partial charge in [-0.05, 0) is 54.8 Å². The van der Waals surface area contributed by atoms with Crippen molar-refractivity contribution in [2.45, 2.75) is 45.3 Å². The predicted octanol–water partition coefficient (Wildman–Crippen LogP) is 5.06. The van der Waals surface area contributed by atoms with E-state index >= 15 is 0 Å². The summed E-state index contributed by atoms with van der Waals surface area (Å²) in [7, 11) is 1.61. The Labute approximate surface area is 206 Å². The number of benzene rings is 3. The van der Waals surface area contributed by atoms with Gasteiger partial charge in [0.1, 0.15) is 11.8 Å². The molecule has 0 heterocycles. The summed E-state index contributed by atoms with van der Waals surface area (Å²) in [6.07, 6.45) is 0.596. The van der Waals surface area contributed by atoms with Gasteiger partial charge in [-0.1, -0.05) is 66.2 Å². The summed E-state index contributed by atoms with van der Waals surface area (Å²) in [6, 6.07) is 23.8. The van der Waals surface area contributed by atoms with Crippen LogP contribution in [0.1, 0.15) is 30.5 Å². The van der Waals surface area contributed by atoms with Crippen LogP contribution in [0.25, 0.3) is 0 Å². The number of hydrogen-bond donors (Lipinski definition) is 1. The van der Waals surface area contributed by atoms with E-state index in [1.165, 1.54) is 0 Å². The first-order valence-corrected chi connectivity index (χ1v) is 11.7. The minimum atomic E-state index is -0.661. The summed E-state index contributed by atoms with van der Waals surface area (Å²) in [6.45, 7) is 4.13. The molecular formula is C28H31ClN2O3. The van der Waals surface area contributed by atoms with E-state index in [9.17, 15) is 9.59 Å². The van der Waals surface area contributed by atoms with E-state index in [1.54, 1.807) is 24.1 Å². The van der Waals surface area contributed by atoms with Crippen molar-refractivity contribution in [1.29, 1.82) is 0 Å². The molecule has 0 radical (unpaired) electrons. The Morgan fingerprint density at radius 2 is 1.50 bits per heavy atom. The Morgan fingerprint density at radius 1 is 0.882 bits per heavy atom. The number of amides is 2. The number of rotatable bonds is 10. The molecule has 0 aromatic heterocycles. The van der Waals surface area contributed by atoms with Gasteiger partial charge in [0.15, 0.2) is 0 Å². The van der Waals surface area contributed by atoms with Crippen molar-refractivity contribution in [3.63, 3.8) is 0 Å². The molecule has 3 aromatic carbocycles. The molecule has 0 aliphatic carbocycles. The van der Waals surface area contributed by atoms with Gasteiger partial charge in [0, 0.05) is 24.0 Å². The average Bonchev–Trinajstić information content (AvgIpc) is 2.83. The second-order valence-corrected chi connectivity index (χ2v) is 8.98. The zero-order valence-corrected chi connectivity index (χ0v) is 20.6. The Balaban J connectivity index is 1.94. The largest absolute Gasteiger partial charge is 0.497 e. The average molecular weight is 479 g/mol. The molecule has 178 valence electrons. The highest BCUT2D eigenvalue weighted by atomic mass is 35.5. The van der Waals surface area contributed by atoms with Crippen LogP contribution in [0.2, 0.25) is 5.02 Å². The lowest BCUT2D eigenvalue weighted by atomic mass is 10.0. The molecule has 0 fully saturated rings. The quantitative estimate of drug-likeness (QED) is 0.443. The molecule has 1 N–H and O–H groups in total. The number of nitrogens with one attached hydrogen (secondary N) is 1. The van der Waals surface area contributed by atoms with Crippen molar-refractivity contribution in [1.82, 2.24) is 10.2 Å². The molecule has 2 amide bonds. The second-order valence-electron chi connectivity index (χ2n) is 8.54. The molecule has 3 rings (SSSR count). The van der Waals surface area contributed by atoms with Crippen LogP contribution < -0.4 is 10.1 Å². The van der Waals surface area contributed by atoms with Crippen LogP contribution in [0.5, 0.6) is 5.75 Å². The Morgan fingerprint density at radius 3 is 2.09 bits per heavy atom. The molecule has 0 saturated heterocycles. The first kappa shape index (κ1) is 25.3. The number of halogens is 1. The van der Waals surface area contributed by atoms with Crippen molar-refractivity contribution in [3.05, 3.63) is 101 Å². The van der Waals surface area contributed by atoms with Gasteiger partial charge >= 0.3 is 0 Å². The maximum atomic E-state index is 13.6. The number of methoxy groups -OCH3 is 1. The maximum Gasteiger partial charge on any atom is 0.243 e. The fourth-order valence-electron chi connectivity index (χ4n) is 3.74. The Hall–Kier alpha value is -3.31. The minimum Gasteiger partial charge on any atom is -0.497 e. The zero-order chi connectivity index (χ0) is 24.5. The third kappa shape index (κ3) is 7.35. The van der Waals surface area contributed by atoms with Gasteiger partial charge in [-0.25, -0.2) is 0 Å². The van der Waals surface area contributed by atoms with E-state index in [-0.39, 0.29) is 24.3 Å². The molecule has 5 nitrogen and oxygen atoms in total. The molecular weight excluding hydrogens is 448 g/mol. The van der Waals surface area contributed by atoms with Crippen LogP contribution in [-0.2, 0) is 29.0 Å². The van der Waals surface area contributed by atoms with E-state index in [2.05, 4.69) is 5.32 Å². The molecule has 0 saturated carbocycles. The van der Waals surface area contributed by atoms with E-state index < -0.39 is 6.04 Å². The SMILES string of the molecule is COc1ccc(CC(=O)N(Cc2ccc(Cl)cc2)[C@H](Cc2ccccc2)C(=O)NC(C)C)cc1. The first-order chi connectivity index (χ1) is 16.4. The lowest BCUT2D eigenvalue weighted by Crippen LogP contribution is -2.52. The lowest BCUT2D eigenvalue weighted by Gasteiger charge is -2.32. The third-order valence-electron chi connectivity index (χ3n) is 5.48. The van der Waals surface area contributed by atoms with E-state index in [4.69, 9.17) is 16.3 Å². The predicted molar refractivity (Wildman–Crippen MR) is 136 cm³/mol. The van der Waals surface area contributed by atoms with Gasteiger partial charge in [-0.3, -0.25) is 9.59 Å². The summed E-state index contributed by atoms with van der Waals surface area (Å²) in [5.74, 6) is 0.434. The van der Waals surface area contributed by atoms with Crippen molar-refractivity contribution in [2.24, 2.45) is 0 Å². The molecule has 3 aromatic rings. The van der Waals surface area contributed by atoms with Gasteiger partial charge in [0.2, 0.25) is 11.8 Å². The van der Waals surface area contributed by atoms with Gasteiger partial charge in [0.05, 0.1) is 13.5 Å². The molecule has 0 spiro atoms. The Bertz CT molecular complexity index is 1070. The van der Waals surface area contributed by atoms with Crippen LogP contribution in [0.3, 0.4) is 0 Å². The van der Waals surface area contributed by atoms with Crippen LogP contribution in [-0.4, -0.2) is 35.9 Å². The monoisotopic (exact) mass is 478 g/mol. The smallest absolute Gasteiger partial charge is 0.243 e. The fourth-order valence-corrected chi connectivity index (χ4v) is 3.87. The highest BCUT2D eigenvalue weighted by molar-refractivity contribution is 6.30. The van der Waals surface area contributed by atoms with Crippen molar-refractivity contribution >= 4 is 23.4 Å². The van der Waals surface area contributed by atoms with Crippen molar-refractivity contribution in [3.8, 4) is 5.75 Å². The molecule has 0 aliphatic heterocycles. The normalized spacial score (nSPS) is 11.7. The van der Waals surface area contributed by atoms with Crippen LogP contribution in [0.4, 0.5) is 0 Å². The zero-order valence-electron chi connectivity index (χ0n) is 19.8. The topological polar surface area (TPSA) is 58.6 Å². The number of nitrogens with zero attached hydrogens (tertiary/aromatic N) is 1. The van der Waals surface area contributed by atoms with E-state index in [0.29, 0.717) is 18.0 Å². The van der Waals surface area contributed by atoms with Crippen molar-refractivity contribution < 1.29 is 14.3 Å². The van der Waals surface area contributed by atoms with Gasteiger partial charge in [-0.15, -0.1) is 0 Å². The molecule has 6 heteroatoms. The van der Waals surface area contributed by atoms with Gasteiger partial charge in [0.25, 0.3) is 0 Å². The first-order valence-electron chi connectivity index (χ1n) is 11.4. The second kappa shape index (κ2) is 12.2. The van der Waals surface area contributed by atoms with Crippen LogP contribution in [0, 0.1) is 0 Å². The number of carbonyl (C=O) groups excluding carboxylic acids is 2. The minimum absolute atomic E-state index is 0.0418. The highest BCUT2D eigenvalue weighted by Crippen LogP contribution is 2.19. The van der Waals surface area contributed by atoms with Gasteiger partial charge < -0.3 is 15.0 Å². The molecule has 0 unspecified atom stereocenters. The molecule has 0 bridgehead atoms. The van der Waals surface area contributed by atoms with E-state index in [0.717, 1.165) is 22.4 Å². The summed E-state index contributed by atoms with van der Waals surface area (Å²) in [4.78, 5) is 28.7. The van der Waals surface area contributed by atoms with Crippen LogP contribution >= 0.6 is 11.6 Å². The standard InChI is InChI=1S/C28H31ClN2O3/c1-20(2)30-28(33)26(17-21-7-5-4-6-8-21)31(19-23-9-13-24(29)14-10-23)27(32)18-22-11-15-25(34-3)16-12-22/h4-16,20,26H,17-19H2,1-3H3,(H,30,33)/t26-/m1/s1.